The minimum atomic E-state index is -4.30. The van der Waals surface area contributed by atoms with Crippen molar-refractivity contribution in [3.8, 4) is 0 Å². The molecule has 4 nitrogen and oxygen atoms in total. The maximum absolute atomic E-state index is 10.6. The summed E-state index contributed by atoms with van der Waals surface area (Å²) in [6.45, 7) is 18.2. The second kappa shape index (κ2) is 9.28. The molecule has 0 aliphatic rings. The quantitative estimate of drug-likeness (QED) is 0.592. The molecule has 0 N–H and O–H groups in total. The molecule has 0 bridgehead atoms. The lowest BCUT2D eigenvalue weighted by atomic mass is 10.0. The smallest absolute Gasteiger partial charge is 0.124 e. The highest BCUT2D eigenvalue weighted by Crippen LogP contribution is 2.16. The van der Waals surface area contributed by atoms with Crippen LogP contribution >= 0.6 is 0 Å². The zero-order valence-corrected chi connectivity index (χ0v) is 15.6. The Morgan fingerprint density at radius 3 is 1.45 bits per heavy atom. The Hall–Kier alpha value is -0.910. The first kappa shape index (κ1) is 21.1. The Morgan fingerprint density at radius 1 is 0.909 bits per heavy atom. The molecule has 0 fully saturated rings. The predicted octanol–water partition coefficient (Wildman–Crippen LogP) is 3.60. The van der Waals surface area contributed by atoms with Crippen molar-refractivity contribution in [2.45, 2.75) is 52.4 Å². The molecule has 0 radical (unpaired) electrons. The molecule has 0 saturated carbocycles. The third-order valence-corrected chi connectivity index (χ3v) is 5.37. The van der Waals surface area contributed by atoms with Crippen LogP contribution in [0, 0.1) is 0 Å². The van der Waals surface area contributed by atoms with Gasteiger partial charge in [0.2, 0.25) is 0 Å². The van der Waals surface area contributed by atoms with Crippen LogP contribution in [0.4, 0.5) is 0 Å². The van der Waals surface area contributed by atoms with Gasteiger partial charge >= 0.3 is 0 Å². The molecule has 0 saturated heterocycles. The van der Waals surface area contributed by atoms with Crippen LogP contribution in [0.3, 0.4) is 0 Å². The summed E-state index contributed by atoms with van der Waals surface area (Å²) in [7, 11) is -4.30. The van der Waals surface area contributed by atoms with E-state index in [0.29, 0.717) is 5.92 Å². The van der Waals surface area contributed by atoms with E-state index in [9.17, 15) is 13.0 Å². The fourth-order valence-corrected chi connectivity index (χ4v) is 2.83. The largest absolute Gasteiger partial charge is 0.744 e. The van der Waals surface area contributed by atoms with Gasteiger partial charge in [0.15, 0.2) is 0 Å². The first-order valence-corrected chi connectivity index (χ1v) is 9.47. The molecule has 0 spiro atoms. The fourth-order valence-electron chi connectivity index (χ4n) is 2.36. The number of quaternary nitrogens is 1. The van der Waals surface area contributed by atoms with Crippen LogP contribution in [-0.2, 0) is 10.1 Å². The lowest BCUT2D eigenvalue weighted by Gasteiger charge is -2.34. The summed E-state index contributed by atoms with van der Waals surface area (Å²) in [5.74, 6) is 0.336. The third kappa shape index (κ3) is 6.46. The molecule has 1 rings (SSSR count). The van der Waals surface area contributed by atoms with E-state index in [1.165, 1.54) is 42.8 Å². The van der Waals surface area contributed by atoms with Crippen LogP contribution in [-0.4, -0.2) is 43.6 Å². The molecule has 0 aliphatic carbocycles. The summed E-state index contributed by atoms with van der Waals surface area (Å²) in [6, 6.07) is 6.01. The Balaban J connectivity index is 0.000000433. The van der Waals surface area contributed by atoms with Gasteiger partial charge < -0.3 is 9.04 Å². The van der Waals surface area contributed by atoms with Crippen molar-refractivity contribution < 1.29 is 17.5 Å². The summed E-state index contributed by atoms with van der Waals surface area (Å²) in [6.07, 6.45) is 0. The van der Waals surface area contributed by atoms with Gasteiger partial charge in [0, 0.05) is 0 Å². The van der Waals surface area contributed by atoms with Gasteiger partial charge in [-0.1, -0.05) is 26.0 Å². The minimum Gasteiger partial charge on any atom is -0.744 e. The molecule has 0 amide bonds. The standard InChI is InChI=1S/C9H12O3S.C8H20N/c1-7(2)8-3-5-9(6-4-8)13(10,11)12;1-5-9(6-2,7-3)8-4/h3-7H,1-2H3,(H,10,11,12);5-8H2,1-4H3/q;+1/p-1. The molecule has 0 aromatic heterocycles. The van der Waals surface area contributed by atoms with Gasteiger partial charge in [-0.2, -0.15) is 0 Å². The molecular formula is C17H31NO3S. The number of hydrogen-bond donors (Lipinski definition) is 0. The number of benzene rings is 1. The second-order valence-electron chi connectivity index (χ2n) is 5.78. The van der Waals surface area contributed by atoms with Crippen molar-refractivity contribution >= 4 is 10.1 Å². The molecule has 0 heterocycles. The van der Waals surface area contributed by atoms with E-state index in [-0.39, 0.29) is 4.90 Å². The van der Waals surface area contributed by atoms with Gasteiger partial charge in [-0.05, 0) is 51.3 Å². The first-order chi connectivity index (χ1) is 10.2. The highest BCUT2D eigenvalue weighted by Gasteiger charge is 2.16. The normalized spacial score (nSPS) is 12.0. The maximum atomic E-state index is 10.6. The van der Waals surface area contributed by atoms with Crippen molar-refractivity contribution in [1.82, 2.24) is 0 Å². The van der Waals surface area contributed by atoms with Crippen LogP contribution in [0.15, 0.2) is 29.2 Å². The summed E-state index contributed by atoms with van der Waals surface area (Å²) < 4.78 is 33.0. The van der Waals surface area contributed by atoms with Crippen molar-refractivity contribution in [2.24, 2.45) is 0 Å². The minimum absolute atomic E-state index is 0.170. The average molecular weight is 330 g/mol. The summed E-state index contributed by atoms with van der Waals surface area (Å²) >= 11 is 0. The molecule has 0 atom stereocenters. The molecule has 1 aromatic rings. The molecule has 0 aliphatic heterocycles. The van der Waals surface area contributed by atoms with E-state index in [2.05, 4.69) is 27.7 Å². The van der Waals surface area contributed by atoms with Gasteiger partial charge in [-0.25, -0.2) is 8.42 Å². The van der Waals surface area contributed by atoms with Gasteiger partial charge in [0.25, 0.3) is 0 Å². The van der Waals surface area contributed by atoms with E-state index in [1.54, 1.807) is 12.1 Å². The van der Waals surface area contributed by atoms with Crippen molar-refractivity contribution in [1.29, 1.82) is 0 Å². The molecule has 128 valence electrons. The van der Waals surface area contributed by atoms with Crippen molar-refractivity contribution in [2.75, 3.05) is 26.2 Å². The van der Waals surface area contributed by atoms with Crippen LogP contribution in [0.5, 0.6) is 0 Å². The Kier molecular flexibility index (Phi) is 8.89. The topological polar surface area (TPSA) is 57.2 Å². The predicted molar refractivity (Wildman–Crippen MR) is 90.9 cm³/mol. The lowest BCUT2D eigenvalue weighted by molar-refractivity contribution is -0.921. The van der Waals surface area contributed by atoms with E-state index in [0.717, 1.165) is 5.56 Å². The van der Waals surface area contributed by atoms with Gasteiger partial charge in [0.1, 0.15) is 10.1 Å². The average Bonchev–Trinajstić information content (AvgIpc) is 2.50. The monoisotopic (exact) mass is 329 g/mol. The summed E-state index contributed by atoms with van der Waals surface area (Å²) in [5.41, 5.74) is 1.02. The SMILES string of the molecule is CC(C)c1ccc(S(=O)(=O)[O-])cc1.CC[N+](CC)(CC)CC. The Morgan fingerprint density at radius 2 is 1.27 bits per heavy atom. The summed E-state index contributed by atoms with van der Waals surface area (Å²) in [4.78, 5) is -0.170. The van der Waals surface area contributed by atoms with Gasteiger partial charge in [-0.3, -0.25) is 0 Å². The molecule has 5 heteroatoms. The van der Waals surface area contributed by atoms with Crippen LogP contribution < -0.4 is 0 Å². The number of rotatable bonds is 6. The van der Waals surface area contributed by atoms with Crippen LogP contribution in [0.25, 0.3) is 0 Å². The van der Waals surface area contributed by atoms with E-state index in [4.69, 9.17) is 0 Å². The van der Waals surface area contributed by atoms with Gasteiger partial charge in [0.05, 0.1) is 31.1 Å². The zero-order chi connectivity index (χ0) is 17.4. The van der Waals surface area contributed by atoms with Crippen molar-refractivity contribution in [3.63, 3.8) is 0 Å². The van der Waals surface area contributed by atoms with E-state index in [1.807, 2.05) is 13.8 Å². The van der Waals surface area contributed by atoms with Crippen molar-refractivity contribution in [3.05, 3.63) is 29.8 Å². The first-order valence-electron chi connectivity index (χ1n) is 8.06. The molecular weight excluding hydrogens is 298 g/mol. The lowest BCUT2D eigenvalue weighted by Crippen LogP contribution is -2.47. The maximum Gasteiger partial charge on any atom is 0.124 e. The summed E-state index contributed by atoms with van der Waals surface area (Å²) in [5, 5.41) is 0. The number of hydrogen-bond acceptors (Lipinski definition) is 3. The van der Waals surface area contributed by atoms with E-state index >= 15 is 0 Å². The Bertz CT molecular complexity index is 500. The highest BCUT2D eigenvalue weighted by molar-refractivity contribution is 7.85. The van der Waals surface area contributed by atoms with Crippen LogP contribution in [0.1, 0.15) is 53.0 Å². The number of nitrogens with zero attached hydrogens (tertiary/aromatic N) is 1. The Labute approximate surface area is 136 Å². The van der Waals surface area contributed by atoms with Crippen LogP contribution in [0.2, 0.25) is 0 Å². The molecule has 22 heavy (non-hydrogen) atoms. The van der Waals surface area contributed by atoms with Gasteiger partial charge in [-0.15, -0.1) is 0 Å². The third-order valence-electron chi connectivity index (χ3n) is 4.52. The molecule has 1 aromatic carbocycles. The zero-order valence-electron chi connectivity index (χ0n) is 14.8. The van der Waals surface area contributed by atoms with E-state index < -0.39 is 10.1 Å². The molecule has 0 unspecified atom stereocenters. The highest BCUT2D eigenvalue weighted by atomic mass is 32.2. The second-order valence-corrected chi connectivity index (χ2v) is 7.16. The fraction of sp³-hybridized carbons (Fsp3) is 0.647.